The van der Waals surface area contributed by atoms with Crippen LogP contribution in [0.25, 0.3) is 11.3 Å². The van der Waals surface area contributed by atoms with Gasteiger partial charge in [0.05, 0.1) is 36.3 Å². The molecule has 2 aromatic heterocycles. The summed E-state index contributed by atoms with van der Waals surface area (Å²) < 4.78 is 27.2. The summed E-state index contributed by atoms with van der Waals surface area (Å²) >= 11 is 6.04. The quantitative estimate of drug-likeness (QED) is 0.633. The van der Waals surface area contributed by atoms with Gasteiger partial charge in [-0.25, -0.2) is 0 Å². The van der Waals surface area contributed by atoms with Crippen molar-refractivity contribution >= 4 is 34.6 Å². The maximum Gasteiger partial charge on any atom is 0.273 e. The molecule has 1 amide bonds. The maximum atomic E-state index is 12.6. The fraction of sp³-hybridized carbons (Fsp3) is 0.350. The first-order valence-corrected chi connectivity index (χ1v) is 10.0. The first kappa shape index (κ1) is 16.5. The van der Waals surface area contributed by atoms with Crippen molar-refractivity contribution in [3.05, 3.63) is 40.8 Å². The molecule has 1 aromatic carbocycles. The maximum absolute atomic E-state index is 12.6. The predicted octanol–water partition coefficient (Wildman–Crippen LogP) is 2.57. The number of hydrogen-bond donors (Lipinski definition) is 2. The van der Waals surface area contributed by atoms with Crippen molar-refractivity contribution in [2.45, 2.75) is 19.0 Å². The van der Waals surface area contributed by atoms with E-state index in [0.29, 0.717) is 18.9 Å². The monoisotopic (exact) mass is 443 g/mol. The van der Waals surface area contributed by atoms with Gasteiger partial charge in [0.25, 0.3) is 5.91 Å². The number of aromatic nitrogens is 5. The van der Waals surface area contributed by atoms with Gasteiger partial charge in [-0.1, -0.05) is 23.7 Å². The molecular formula is C20H21ClN8O2. The topological polar surface area (TPSA) is 110 Å². The van der Waals surface area contributed by atoms with Crippen LogP contribution < -0.4 is 15.5 Å². The Kier molecular flexibility index (Phi) is 3.96. The molecule has 160 valence electrons. The van der Waals surface area contributed by atoms with Gasteiger partial charge in [-0.2, -0.15) is 15.0 Å². The second kappa shape index (κ2) is 7.47. The second-order valence-electron chi connectivity index (χ2n) is 7.44. The van der Waals surface area contributed by atoms with Gasteiger partial charge >= 0.3 is 0 Å². The van der Waals surface area contributed by atoms with E-state index in [9.17, 15) is 4.79 Å². The van der Waals surface area contributed by atoms with Crippen molar-refractivity contribution in [2.75, 3.05) is 37.5 Å². The number of benzene rings is 1. The molecule has 2 aliphatic heterocycles. The smallest absolute Gasteiger partial charge is 0.273 e. The molecular weight excluding hydrogens is 420 g/mol. The molecule has 0 spiro atoms. The molecule has 10 nitrogen and oxygen atoms in total. The summed E-state index contributed by atoms with van der Waals surface area (Å²) in [7, 11) is 1.95. The Labute approximate surface area is 187 Å². The van der Waals surface area contributed by atoms with Crippen LogP contribution in [0.1, 0.15) is 39.3 Å². The van der Waals surface area contributed by atoms with E-state index >= 15 is 0 Å². The molecule has 0 bridgehead atoms. The van der Waals surface area contributed by atoms with Crippen LogP contribution in [0.5, 0.6) is 0 Å². The van der Waals surface area contributed by atoms with Crippen molar-refractivity contribution in [3.63, 3.8) is 0 Å². The summed E-state index contributed by atoms with van der Waals surface area (Å²) in [6.07, 6.45) is 0. The summed E-state index contributed by atoms with van der Waals surface area (Å²) in [5.41, 5.74) is 4.04. The van der Waals surface area contributed by atoms with Gasteiger partial charge < -0.3 is 20.3 Å². The number of ether oxygens (including phenoxy) is 1. The van der Waals surface area contributed by atoms with Gasteiger partial charge in [-0.15, -0.1) is 10.2 Å². The van der Waals surface area contributed by atoms with Crippen molar-refractivity contribution in [2.24, 2.45) is 0 Å². The summed E-state index contributed by atoms with van der Waals surface area (Å²) in [6.45, 7) is 0.534. The number of anilines is 3. The van der Waals surface area contributed by atoms with Crippen molar-refractivity contribution < 1.29 is 13.6 Å². The van der Waals surface area contributed by atoms with Crippen molar-refractivity contribution in [3.8, 4) is 11.3 Å². The lowest BCUT2D eigenvalue weighted by molar-refractivity contribution is -0.0349. The Hall–Kier alpha value is -3.24. The first-order valence-electron chi connectivity index (χ1n) is 11.2. The molecule has 0 radical (unpaired) electrons. The van der Waals surface area contributed by atoms with Gasteiger partial charge in [0.1, 0.15) is 17.4 Å². The zero-order valence-electron chi connectivity index (χ0n) is 19.8. The van der Waals surface area contributed by atoms with Gasteiger partial charge in [0.15, 0.2) is 10.8 Å². The van der Waals surface area contributed by atoms with E-state index in [-0.39, 0.29) is 28.6 Å². The fourth-order valence-electron chi connectivity index (χ4n) is 3.75. The molecule has 4 heterocycles. The van der Waals surface area contributed by atoms with Crippen LogP contribution in [-0.2, 0) is 4.74 Å². The molecule has 0 saturated carbocycles. The van der Waals surface area contributed by atoms with E-state index in [4.69, 9.17) is 30.6 Å². The molecule has 1 atom stereocenters. The van der Waals surface area contributed by atoms with E-state index in [2.05, 4.69) is 20.4 Å². The summed E-state index contributed by atoms with van der Waals surface area (Å²) in [5.74, 6) is -0.897. The van der Waals surface area contributed by atoms with Crippen LogP contribution in [0.4, 0.5) is 17.1 Å². The number of halogens is 1. The summed E-state index contributed by atoms with van der Waals surface area (Å²) in [5, 5.41) is 22.2. The third-order valence-electron chi connectivity index (χ3n) is 5.58. The Morgan fingerprint density at radius 1 is 1.29 bits per heavy atom. The van der Waals surface area contributed by atoms with Crippen molar-refractivity contribution in [1.29, 1.82) is 0 Å². The number of fused-ring (bicyclic) bond motifs is 3. The molecule has 0 aliphatic carbocycles. The largest absolute Gasteiger partial charge is 0.377 e. The van der Waals surface area contributed by atoms with E-state index < -0.39 is 12.9 Å². The third kappa shape index (κ3) is 3.19. The Morgan fingerprint density at radius 2 is 2.13 bits per heavy atom. The lowest BCUT2D eigenvalue weighted by atomic mass is 9.96. The number of nitrogens with zero attached hydrogens (tertiary/aromatic N) is 6. The van der Waals surface area contributed by atoms with E-state index in [1.165, 1.54) is 6.07 Å². The predicted molar refractivity (Wildman–Crippen MR) is 116 cm³/mol. The molecule has 1 unspecified atom stereocenters. The zero-order chi connectivity index (χ0) is 24.2. The highest BCUT2D eigenvalue weighted by Gasteiger charge is 2.34. The average molecular weight is 444 g/mol. The number of amides is 1. The number of carbonyl (C=O) groups excluding carboxylic acids is 1. The number of nitrogens with one attached hydrogen (secondary N) is 2. The highest BCUT2D eigenvalue weighted by Crippen LogP contribution is 2.47. The molecule has 11 heteroatoms. The minimum atomic E-state index is -2.68. The molecule has 2 N–H and O–H groups in total. The highest BCUT2D eigenvalue weighted by atomic mass is 35.5. The van der Waals surface area contributed by atoms with Gasteiger partial charge in [0.2, 0.25) is 0 Å². The third-order valence-corrected chi connectivity index (χ3v) is 5.77. The van der Waals surface area contributed by atoms with Crippen LogP contribution in [0.3, 0.4) is 0 Å². The zero-order valence-corrected chi connectivity index (χ0v) is 17.5. The van der Waals surface area contributed by atoms with Gasteiger partial charge in [-0.05, 0) is 13.0 Å². The highest BCUT2D eigenvalue weighted by molar-refractivity contribution is 6.29. The molecule has 1 fully saturated rings. The molecule has 2 aliphatic rings. The van der Waals surface area contributed by atoms with E-state index in [0.717, 1.165) is 22.6 Å². The van der Waals surface area contributed by atoms with Crippen LogP contribution in [-0.4, -0.2) is 58.3 Å². The first-order chi connectivity index (χ1) is 16.1. The van der Waals surface area contributed by atoms with Crippen LogP contribution in [0, 0.1) is 0 Å². The minimum Gasteiger partial charge on any atom is -0.377 e. The van der Waals surface area contributed by atoms with Gasteiger partial charge in [-0.3, -0.25) is 4.79 Å². The van der Waals surface area contributed by atoms with Crippen LogP contribution in [0.2, 0.25) is 5.15 Å². The average Bonchev–Trinajstić information content (AvgIpc) is 3.14. The number of hydrogen-bond acceptors (Lipinski definition) is 8. The Bertz CT molecular complexity index is 1280. The second-order valence-corrected chi connectivity index (χ2v) is 7.83. The van der Waals surface area contributed by atoms with E-state index in [1.807, 2.05) is 37.5 Å². The minimum absolute atomic E-state index is 0.0485. The van der Waals surface area contributed by atoms with Crippen LogP contribution >= 0.6 is 11.6 Å². The Balaban J connectivity index is 1.56. The molecule has 1 saturated heterocycles. The lowest BCUT2D eigenvalue weighted by Crippen LogP contribution is -2.32. The van der Waals surface area contributed by atoms with Crippen molar-refractivity contribution in [1.82, 2.24) is 30.5 Å². The van der Waals surface area contributed by atoms with E-state index in [1.54, 1.807) is 4.80 Å². The normalized spacial score (nSPS) is 19.4. The SMILES string of the molecule is [2H]C([2H])([2H])NC(=O)c1nnc(Cl)cc1Nc1cccc2c1N(C)C(C)c1nn(C3COC3)nc1-2. The molecule has 5 rings (SSSR count). The molecule has 3 aromatic rings. The summed E-state index contributed by atoms with van der Waals surface area (Å²) in [6, 6.07) is 7.13. The fourth-order valence-corrected chi connectivity index (χ4v) is 3.90. The number of carbonyl (C=O) groups is 1. The molecule has 31 heavy (non-hydrogen) atoms. The van der Waals surface area contributed by atoms with Crippen LogP contribution in [0.15, 0.2) is 24.3 Å². The van der Waals surface area contributed by atoms with Gasteiger partial charge in [0, 0.05) is 29.8 Å². The number of rotatable bonds is 4. The lowest BCUT2D eigenvalue weighted by Gasteiger charge is -2.34. The summed E-state index contributed by atoms with van der Waals surface area (Å²) in [4.78, 5) is 16.3. The standard InChI is InChI=1S/C20H21ClN8O2/c1-10-16-17(27-29(26-16)11-8-31-9-11)12-5-4-6-13(19(12)28(10)3)23-14-7-15(21)24-25-18(14)20(30)22-2/h4-7,10-11H,8-9H2,1-3H3,(H,22,30)(H,23,24)/i2D3. The number of para-hydroxylation sites is 1. The Morgan fingerprint density at radius 3 is 2.87 bits per heavy atom.